The Labute approximate surface area is 197 Å². The molecule has 168 valence electrons. The zero-order chi connectivity index (χ0) is 22.5. The molecule has 0 bridgehead atoms. The van der Waals surface area contributed by atoms with E-state index in [0.29, 0.717) is 16.5 Å². The smallest absolute Gasteiger partial charge is 0.263 e. The van der Waals surface area contributed by atoms with E-state index in [-0.39, 0.29) is 11.9 Å². The lowest BCUT2D eigenvalue weighted by atomic mass is 10.0. The number of methoxy groups -OCH3 is 1. The molecule has 32 heavy (non-hydrogen) atoms. The Morgan fingerprint density at radius 1 is 1.12 bits per heavy atom. The number of halogens is 1. The summed E-state index contributed by atoms with van der Waals surface area (Å²) in [6.45, 7) is 3.99. The number of carbonyl (C=O) groups excluding carboxylic acids is 1. The molecule has 0 saturated carbocycles. The van der Waals surface area contributed by atoms with Gasteiger partial charge in [0.2, 0.25) is 0 Å². The van der Waals surface area contributed by atoms with Crippen molar-refractivity contribution in [2.24, 2.45) is 0 Å². The van der Waals surface area contributed by atoms with Crippen molar-refractivity contribution in [3.8, 4) is 11.5 Å². The highest BCUT2D eigenvalue weighted by atomic mass is 35.5. The van der Waals surface area contributed by atoms with Gasteiger partial charge in [-0.2, -0.15) is 0 Å². The maximum Gasteiger partial charge on any atom is 0.263 e. The van der Waals surface area contributed by atoms with Gasteiger partial charge in [0.05, 0.1) is 12.8 Å². The van der Waals surface area contributed by atoms with Crippen LogP contribution in [-0.2, 0) is 6.61 Å². The lowest BCUT2D eigenvalue weighted by Gasteiger charge is -2.34. The van der Waals surface area contributed by atoms with Crippen LogP contribution in [0.5, 0.6) is 11.5 Å². The van der Waals surface area contributed by atoms with Crippen molar-refractivity contribution in [1.82, 2.24) is 10.3 Å². The maximum atomic E-state index is 12.9. The fraction of sp³-hybridized carbons (Fsp3) is 0.333. The van der Waals surface area contributed by atoms with Crippen LogP contribution in [0.4, 0.5) is 5.69 Å². The number of piperidine rings is 1. The number of amides is 1. The van der Waals surface area contributed by atoms with Crippen molar-refractivity contribution in [2.75, 3.05) is 25.1 Å². The van der Waals surface area contributed by atoms with Crippen LogP contribution < -0.4 is 19.7 Å². The average Bonchev–Trinajstić information content (AvgIpc) is 3.20. The number of benzene rings is 2. The highest BCUT2D eigenvalue weighted by Crippen LogP contribution is 2.24. The summed E-state index contributed by atoms with van der Waals surface area (Å²) in [5.74, 6) is 1.52. The molecule has 1 fully saturated rings. The molecule has 1 aliphatic heterocycles. The molecule has 8 heteroatoms. The number of ether oxygens (including phenoxy) is 2. The normalized spacial score (nSPS) is 14.3. The second-order valence-electron chi connectivity index (χ2n) is 7.70. The van der Waals surface area contributed by atoms with E-state index in [9.17, 15) is 4.79 Å². The Kier molecular flexibility index (Phi) is 7.17. The second kappa shape index (κ2) is 10.2. The van der Waals surface area contributed by atoms with E-state index in [0.717, 1.165) is 48.1 Å². The lowest BCUT2D eigenvalue weighted by molar-refractivity contribution is 0.0934. The van der Waals surface area contributed by atoms with E-state index in [1.807, 2.05) is 31.2 Å². The van der Waals surface area contributed by atoms with Gasteiger partial charge in [0.15, 0.2) is 0 Å². The standard InChI is InChI=1S/C24H26ClN3O3S/c1-16-23(32-22(26-16)15-31-21-7-3-17(25)4-8-21)24(29)27-18-11-13-28(14-12-18)19-5-9-20(30-2)10-6-19/h3-10,18H,11-15H2,1-2H3,(H,27,29). The van der Waals surface area contributed by atoms with E-state index in [4.69, 9.17) is 21.1 Å². The quantitative estimate of drug-likeness (QED) is 0.520. The van der Waals surface area contributed by atoms with Gasteiger partial charge in [-0.3, -0.25) is 4.79 Å². The highest BCUT2D eigenvalue weighted by molar-refractivity contribution is 7.13. The fourth-order valence-corrected chi connectivity index (χ4v) is 4.73. The first-order valence-corrected chi connectivity index (χ1v) is 11.8. The molecule has 3 aromatic rings. The molecule has 0 atom stereocenters. The summed E-state index contributed by atoms with van der Waals surface area (Å²) in [5, 5.41) is 4.63. The number of aromatic nitrogens is 1. The van der Waals surface area contributed by atoms with Gasteiger partial charge < -0.3 is 19.7 Å². The van der Waals surface area contributed by atoms with Gasteiger partial charge in [0, 0.05) is 29.8 Å². The monoisotopic (exact) mass is 471 g/mol. The van der Waals surface area contributed by atoms with Gasteiger partial charge >= 0.3 is 0 Å². The van der Waals surface area contributed by atoms with Crippen molar-refractivity contribution >= 4 is 34.5 Å². The molecule has 1 aromatic heterocycles. The predicted molar refractivity (Wildman–Crippen MR) is 128 cm³/mol. The molecule has 0 spiro atoms. The molecule has 4 rings (SSSR count). The Morgan fingerprint density at radius 2 is 1.78 bits per heavy atom. The van der Waals surface area contributed by atoms with Gasteiger partial charge in [-0.25, -0.2) is 4.98 Å². The number of thiazole rings is 1. The molecule has 1 saturated heterocycles. The number of hydrogen-bond donors (Lipinski definition) is 1. The van der Waals surface area contributed by atoms with Crippen LogP contribution in [0.25, 0.3) is 0 Å². The predicted octanol–water partition coefficient (Wildman–Crippen LogP) is 5.09. The second-order valence-corrected chi connectivity index (χ2v) is 9.22. The number of rotatable bonds is 7. The van der Waals surface area contributed by atoms with Gasteiger partial charge in [0.25, 0.3) is 5.91 Å². The van der Waals surface area contributed by atoms with Crippen LogP contribution >= 0.6 is 22.9 Å². The summed E-state index contributed by atoms with van der Waals surface area (Å²) >= 11 is 7.28. The van der Waals surface area contributed by atoms with E-state index in [1.54, 1.807) is 19.2 Å². The molecule has 6 nitrogen and oxygen atoms in total. The van der Waals surface area contributed by atoms with Gasteiger partial charge in [-0.15, -0.1) is 11.3 Å². The summed E-state index contributed by atoms with van der Waals surface area (Å²) < 4.78 is 11.0. The fourth-order valence-electron chi connectivity index (χ4n) is 3.73. The topological polar surface area (TPSA) is 63.7 Å². The first-order valence-electron chi connectivity index (χ1n) is 10.6. The number of nitrogens with zero attached hydrogens (tertiary/aromatic N) is 2. The summed E-state index contributed by atoms with van der Waals surface area (Å²) in [4.78, 5) is 20.4. The summed E-state index contributed by atoms with van der Waals surface area (Å²) in [5.41, 5.74) is 1.91. The number of nitrogens with one attached hydrogen (secondary N) is 1. The summed E-state index contributed by atoms with van der Waals surface area (Å²) in [6.07, 6.45) is 1.81. The number of carbonyl (C=O) groups is 1. The Morgan fingerprint density at radius 3 is 2.44 bits per heavy atom. The van der Waals surface area contributed by atoms with E-state index < -0.39 is 0 Å². The van der Waals surface area contributed by atoms with Crippen molar-refractivity contribution < 1.29 is 14.3 Å². The molecule has 1 aliphatic rings. The van der Waals surface area contributed by atoms with Crippen molar-refractivity contribution in [3.05, 3.63) is 69.1 Å². The molecule has 1 N–H and O–H groups in total. The molecule has 0 unspecified atom stereocenters. The molecule has 1 amide bonds. The Balaban J connectivity index is 1.29. The van der Waals surface area contributed by atoms with Crippen LogP contribution in [0.2, 0.25) is 5.02 Å². The minimum absolute atomic E-state index is 0.0550. The first-order chi connectivity index (χ1) is 15.5. The van der Waals surface area contributed by atoms with Crippen LogP contribution in [0, 0.1) is 6.92 Å². The molecule has 2 aromatic carbocycles. The summed E-state index contributed by atoms with van der Waals surface area (Å²) in [7, 11) is 1.67. The molecule has 2 heterocycles. The maximum absolute atomic E-state index is 12.9. The minimum atomic E-state index is -0.0550. The average molecular weight is 472 g/mol. The van der Waals surface area contributed by atoms with Crippen molar-refractivity contribution in [2.45, 2.75) is 32.4 Å². The van der Waals surface area contributed by atoms with E-state index in [1.165, 1.54) is 17.0 Å². The van der Waals surface area contributed by atoms with E-state index >= 15 is 0 Å². The minimum Gasteiger partial charge on any atom is -0.497 e. The lowest BCUT2D eigenvalue weighted by Crippen LogP contribution is -2.44. The zero-order valence-electron chi connectivity index (χ0n) is 18.1. The van der Waals surface area contributed by atoms with Crippen molar-refractivity contribution in [1.29, 1.82) is 0 Å². The summed E-state index contributed by atoms with van der Waals surface area (Å²) in [6, 6.07) is 15.5. The molecule has 0 radical (unpaired) electrons. The van der Waals surface area contributed by atoms with Crippen LogP contribution in [-0.4, -0.2) is 37.1 Å². The number of hydrogen-bond acceptors (Lipinski definition) is 6. The van der Waals surface area contributed by atoms with E-state index in [2.05, 4.69) is 27.3 Å². The first kappa shape index (κ1) is 22.4. The largest absolute Gasteiger partial charge is 0.497 e. The number of anilines is 1. The third kappa shape index (κ3) is 5.53. The third-order valence-corrected chi connectivity index (χ3v) is 6.87. The Hall–Kier alpha value is -2.77. The third-order valence-electron chi connectivity index (χ3n) is 5.49. The highest BCUT2D eigenvalue weighted by Gasteiger charge is 2.23. The van der Waals surface area contributed by atoms with Gasteiger partial charge in [0.1, 0.15) is 28.0 Å². The Bertz CT molecular complexity index is 1050. The SMILES string of the molecule is COc1ccc(N2CCC(NC(=O)c3sc(COc4ccc(Cl)cc4)nc3C)CC2)cc1. The van der Waals surface area contributed by atoms with Crippen LogP contribution in [0.15, 0.2) is 48.5 Å². The number of aryl methyl sites for hydroxylation is 1. The molecular formula is C24H26ClN3O3S. The van der Waals surface area contributed by atoms with Crippen molar-refractivity contribution in [3.63, 3.8) is 0 Å². The van der Waals surface area contributed by atoms with Crippen LogP contribution in [0.3, 0.4) is 0 Å². The van der Waals surface area contributed by atoms with Gasteiger partial charge in [-0.05, 0) is 68.3 Å². The zero-order valence-corrected chi connectivity index (χ0v) is 19.7. The van der Waals surface area contributed by atoms with Gasteiger partial charge in [-0.1, -0.05) is 11.6 Å². The van der Waals surface area contributed by atoms with Crippen LogP contribution in [0.1, 0.15) is 33.2 Å². The molecular weight excluding hydrogens is 446 g/mol. The molecule has 0 aliphatic carbocycles.